The molecule has 5 rings (SSSR count). The van der Waals surface area contributed by atoms with Crippen LogP contribution in [0.1, 0.15) is 46.7 Å². The van der Waals surface area contributed by atoms with Crippen molar-refractivity contribution in [1.29, 1.82) is 0 Å². The van der Waals surface area contributed by atoms with Crippen LogP contribution in [-0.2, 0) is 13.0 Å². The topological polar surface area (TPSA) is 90.1 Å². The number of urea groups is 1. The Hall–Kier alpha value is -2.87. The minimum atomic E-state index is -0.186. The fourth-order valence-electron chi connectivity index (χ4n) is 4.17. The zero-order valence-electron chi connectivity index (χ0n) is 16.0. The molecule has 3 amide bonds. The van der Waals surface area contributed by atoms with E-state index in [0.717, 1.165) is 34.3 Å². The van der Waals surface area contributed by atoms with Crippen LogP contribution in [0.2, 0.25) is 0 Å². The number of hydrogen-bond acceptors (Lipinski definition) is 4. The van der Waals surface area contributed by atoms with Gasteiger partial charge in [0.25, 0.3) is 5.91 Å². The second-order valence-electron chi connectivity index (χ2n) is 7.72. The second kappa shape index (κ2) is 7.51. The molecule has 3 heterocycles. The second-order valence-corrected chi connectivity index (χ2v) is 8.80. The molecule has 1 aliphatic heterocycles. The number of thiazole rings is 1. The first-order chi connectivity index (χ1) is 14.2. The Morgan fingerprint density at radius 1 is 1.21 bits per heavy atom. The molecule has 150 valence electrons. The number of hydrogen-bond donors (Lipinski definition) is 3. The van der Waals surface area contributed by atoms with E-state index in [-0.39, 0.29) is 18.0 Å². The third kappa shape index (κ3) is 3.72. The lowest BCUT2D eigenvalue weighted by molar-refractivity contribution is 0.0731. The number of H-pyrrole nitrogens is 1. The van der Waals surface area contributed by atoms with Crippen molar-refractivity contribution in [2.75, 3.05) is 11.9 Å². The van der Waals surface area contributed by atoms with Crippen molar-refractivity contribution in [3.8, 4) is 0 Å². The number of carbonyl (C=O) groups is 2. The number of carbonyl (C=O) groups excluding carboxylic acids is 2. The summed E-state index contributed by atoms with van der Waals surface area (Å²) in [5.74, 6) is -0.00580. The number of benzene rings is 1. The van der Waals surface area contributed by atoms with Gasteiger partial charge in [-0.25, -0.2) is 9.78 Å². The van der Waals surface area contributed by atoms with Crippen LogP contribution in [0.25, 0.3) is 10.9 Å². The minimum Gasteiger partial charge on any atom is -0.351 e. The maximum Gasteiger partial charge on any atom is 0.321 e. The van der Waals surface area contributed by atoms with Crippen LogP contribution in [0.3, 0.4) is 0 Å². The monoisotopic (exact) mass is 409 g/mol. The summed E-state index contributed by atoms with van der Waals surface area (Å²) in [5, 5.41) is 7.52. The van der Waals surface area contributed by atoms with Crippen LogP contribution < -0.4 is 10.6 Å². The molecule has 0 atom stereocenters. The number of aromatic amines is 1. The highest BCUT2D eigenvalue weighted by Gasteiger charge is 2.26. The lowest BCUT2D eigenvalue weighted by Crippen LogP contribution is -2.36. The normalized spacial score (nSPS) is 16.8. The van der Waals surface area contributed by atoms with E-state index >= 15 is 0 Å². The maximum atomic E-state index is 13.0. The molecule has 1 fully saturated rings. The summed E-state index contributed by atoms with van der Waals surface area (Å²) in [6, 6.07) is 9.87. The smallest absolute Gasteiger partial charge is 0.321 e. The minimum absolute atomic E-state index is 0.00580. The van der Waals surface area contributed by atoms with Gasteiger partial charge < -0.3 is 15.2 Å². The third-order valence-corrected chi connectivity index (χ3v) is 6.69. The molecule has 3 aromatic rings. The lowest BCUT2D eigenvalue weighted by Gasteiger charge is -2.25. The van der Waals surface area contributed by atoms with Crippen molar-refractivity contribution in [2.45, 2.75) is 44.7 Å². The van der Waals surface area contributed by atoms with E-state index in [1.165, 1.54) is 24.2 Å². The van der Waals surface area contributed by atoms with Gasteiger partial charge in [-0.05, 0) is 25.0 Å². The van der Waals surface area contributed by atoms with E-state index in [0.29, 0.717) is 30.3 Å². The Balaban J connectivity index is 1.25. The van der Waals surface area contributed by atoms with Crippen molar-refractivity contribution in [3.63, 3.8) is 0 Å². The number of para-hydroxylation sites is 1. The zero-order chi connectivity index (χ0) is 19.8. The average Bonchev–Trinajstić information content (AvgIpc) is 3.45. The van der Waals surface area contributed by atoms with Gasteiger partial charge in [0.1, 0.15) is 5.69 Å². The molecule has 1 aromatic carbocycles. The summed E-state index contributed by atoms with van der Waals surface area (Å²) in [5.41, 5.74) is 2.55. The number of amides is 3. The van der Waals surface area contributed by atoms with Gasteiger partial charge in [-0.2, -0.15) is 0 Å². The van der Waals surface area contributed by atoms with E-state index in [1.807, 2.05) is 35.2 Å². The quantitative estimate of drug-likeness (QED) is 0.613. The van der Waals surface area contributed by atoms with E-state index in [2.05, 4.69) is 20.6 Å². The van der Waals surface area contributed by atoms with Gasteiger partial charge in [-0.3, -0.25) is 10.1 Å². The molecule has 2 aromatic heterocycles. The van der Waals surface area contributed by atoms with Gasteiger partial charge in [-0.1, -0.05) is 42.4 Å². The number of anilines is 1. The molecule has 0 spiro atoms. The SMILES string of the molecule is O=C(Nc1nc2c(s1)CN(C(=O)c1cc3ccccc3[nH]1)CC2)NC1CCCC1. The van der Waals surface area contributed by atoms with Gasteiger partial charge in [-0.15, -0.1) is 0 Å². The first-order valence-electron chi connectivity index (χ1n) is 10.1. The average molecular weight is 410 g/mol. The van der Waals surface area contributed by atoms with Crippen molar-refractivity contribution < 1.29 is 9.59 Å². The van der Waals surface area contributed by atoms with Crippen molar-refractivity contribution in [2.24, 2.45) is 0 Å². The molecule has 0 radical (unpaired) electrons. The summed E-state index contributed by atoms with van der Waals surface area (Å²) in [4.78, 5) is 35.8. The highest BCUT2D eigenvalue weighted by Crippen LogP contribution is 2.29. The Morgan fingerprint density at radius 3 is 2.86 bits per heavy atom. The lowest BCUT2D eigenvalue weighted by atomic mass is 10.1. The molecular weight excluding hydrogens is 386 g/mol. The largest absolute Gasteiger partial charge is 0.351 e. The van der Waals surface area contributed by atoms with Gasteiger partial charge in [0.2, 0.25) is 0 Å². The highest BCUT2D eigenvalue weighted by molar-refractivity contribution is 7.15. The van der Waals surface area contributed by atoms with Crippen LogP contribution in [0.15, 0.2) is 30.3 Å². The zero-order valence-corrected chi connectivity index (χ0v) is 16.8. The summed E-state index contributed by atoms with van der Waals surface area (Å²) < 4.78 is 0. The summed E-state index contributed by atoms with van der Waals surface area (Å²) in [7, 11) is 0. The van der Waals surface area contributed by atoms with Gasteiger partial charge >= 0.3 is 6.03 Å². The first kappa shape index (κ1) is 18.2. The van der Waals surface area contributed by atoms with Crippen molar-refractivity contribution in [3.05, 3.63) is 46.6 Å². The molecule has 2 aliphatic rings. The van der Waals surface area contributed by atoms with E-state index in [9.17, 15) is 9.59 Å². The summed E-state index contributed by atoms with van der Waals surface area (Å²) >= 11 is 1.46. The van der Waals surface area contributed by atoms with E-state index < -0.39 is 0 Å². The molecule has 1 saturated carbocycles. The van der Waals surface area contributed by atoms with Gasteiger partial charge in [0.15, 0.2) is 5.13 Å². The molecule has 0 bridgehead atoms. The molecule has 1 aliphatic carbocycles. The van der Waals surface area contributed by atoms with Crippen LogP contribution in [0.4, 0.5) is 9.93 Å². The number of aromatic nitrogens is 2. The number of nitrogens with one attached hydrogen (secondary N) is 3. The molecule has 29 heavy (non-hydrogen) atoms. The van der Waals surface area contributed by atoms with Crippen LogP contribution in [-0.4, -0.2) is 39.4 Å². The maximum absolute atomic E-state index is 13.0. The van der Waals surface area contributed by atoms with Gasteiger partial charge in [0, 0.05) is 34.8 Å². The number of nitrogens with zero attached hydrogens (tertiary/aromatic N) is 2. The molecule has 7 nitrogen and oxygen atoms in total. The molecule has 0 saturated heterocycles. The van der Waals surface area contributed by atoms with Crippen molar-refractivity contribution in [1.82, 2.24) is 20.2 Å². The Labute approximate surface area is 172 Å². The fourth-order valence-corrected chi connectivity index (χ4v) is 5.19. The summed E-state index contributed by atoms with van der Waals surface area (Å²) in [6.07, 6.45) is 5.15. The first-order valence-corrected chi connectivity index (χ1v) is 10.9. The van der Waals surface area contributed by atoms with Crippen molar-refractivity contribution >= 4 is 39.3 Å². The van der Waals surface area contributed by atoms with Crippen LogP contribution in [0, 0.1) is 0 Å². The third-order valence-electron chi connectivity index (χ3n) is 5.69. The van der Waals surface area contributed by atoms with Gasteiger partial charge in [0.05, 0.1) is 12.2 Å². The number of rotatable bonds is 3. The Morgan fingerprint density at radius 2 is 2.03 bits per heavy atom. The van der Waals surface area contributed by atoms with E-state index in [4.69, 9.17) is 0 Å². The van der Waals surface area contributed by atoms with Crippen LogP contribution in [0.5, 0.6) is 0 Å². The molecule has 3 N–H and O–H groups in total. The predicted octanol–water partition coefficient (Wildman–Crippen LogP) is 3.89. The summed E-state index contributed by atoms with van der Waals surface area (Å²) in [6.45, 7) is 1.14. The molecule has 8 heteroatoms. The predicted molar refractivity (Wildman–Crippen MR) is 113 cm³/mol. The van der Waals surface area contributed by atoms with E-state index in [1.54, 1.807) is 0 Å². The Bertz CT molecular complexity index is 1030. The molecular formula is C21H23N5O2S. The standard InChI is InChI=1S/C21H23N5O2S/c27-19(17-11-13-5-1-4-8-15(13)23-17)26-10-9-16-18(12-26)29-21(24-16)25-20(28)22-14-6-2-3-7-14/h1,4-5,8,11,14,23H,2-3,6-7,9-10,12H2,(H2,22,24,25,28). The highest BCUT2D eigenvalue weighted by atomic mass is 32.1. The molecule has 0 unspecified atom stereocenters. The van der Waals surface area contributed by atoms with Crippen LogP contribution >= 0.6 is 11.3 Å². The fraction of sp³-hybridized carbons (Fsp3) is 0.381. The number of fused-ring (bicyclic) bond motifs is 2. The Kier molecular flexibility index (Phi) is 4.71.